The molecule has 0 saturated heterocycles. The van der Waals surface area contributed by atoms with Crippen molar-refractivity contribution in [3.63, 3.8) is 0 Å². The highest BCUT2D eigenvalue weighted by Crippen LogP contribution is 2.18. The third-order valence-corrected chi connectivity index (χ3v) is 2.67. The molecule has 2 rings (SSSR count). The zero-order valence-electron chi connectivity index (χ0n) is 11.9. The summed E-state index contributed by atoms with van der Waals surface area (Å²) in [7, 11) is 1.33. The van der Waals surface area contributed by atoms with E-state index in [1.165, 1.54) is 7.11 Å². The van der Waals surface area contributed by atoms with E-state index in [4.69, 9.17) is 4.74 Å². The Labute approximate surface area is 118 Å². The van der Waals surface area contributed by atoms with Gasteiger partial charge in [-0.1, -0.05) is 30.3 Å². The third kappa shape index (κ3) is 3.38. The average Bonchev–Trinajstić information content (AvgIpc) is 2.81. The van der Waals surface area contributed by atoms with Crippen LogP contribution in [0.2, 0.25) is 0 Å². The Morgan fingerprint density at radius 1 is 1.30 bits per heavy atom. The van der Waals surface area contributed by atoms with Gasteiger partial charge < -0.3 is 9.47 Å². The lowest BCUT2D eigenvalue weighted by Gasteiger charge is -2.11. The summed E-state index contributed by atoms with van der Waals surface area (Å²) >= 11 is 0. The first-order valence-corrected chi connectivity index (χ1v) is 6.47. The summed E-state index contributed by atoms with van der Waals surface area (Å²) in [5, 5.41) is 4.25. The maximum Gasteiger partial charge on any atom is 0.358 e. The molecule has 0 aliphatic rings. The SMILES string of the molecule is COC(=O)c1cc(OC(C)C)n(Cc2ccccc2)n1. The van der Waals surface area contributed by atoms with Gasteiger partial charge in [-0.15, -0.1) is 0 Å². The number of hydrogen-bond donors (Lipinski definition) is 0. The van der Waals surface area contributed by atoms with Gasteiger partial charge in [-0.05, 0) is 19.4 Å². The fourth-order valence-corrected chi connectivity index (χ4v) is 1.81. The topological polar surface area (TPSA) is 53.4 Å². The van der Waals surface area contributed by atoms with Gasteiger partial charge in [0.05, 0.1) is 19.8 Å². The number of carbonyl (C=O) groups excluding carboxylic acids is 1. The van der Waals surface area contributed by atoms with Crippen molar-refractivity contribution in [2.45, 2.75) is 26.5 Å². The minimum absolute atomic E-state index is 0.00622. The van der Waals surface area contributed by atoms with Gasteiger partial charge in [0, 0.05) is 6.07 Å². The van der Waals surface area contributed by atoms with Crippen molar-refractivity contribution in [2.24, 2.45) is 0 Å². The van der Waals surface area contributed by atoms with Crippen molar-refractivity contribution in [3.05, 3.63) is 47.7 Å². The molecule has 1 aromatic carbocycles. The number of hydrogen-bond acceptors (Lipinski definition) is 4. The Bertz CT molecular complexity index is 576. The first-order chi connectivity index (χ1) is 9.60. The van der Waals surface area contributed by atoms with E-state index >= 15 is 0 Å². The first kappa shape index (κ1) is 14.1. The summed E-state index contributed by atoms with van der Waals surface area (Å²) in [6.45, 7) is 4.40. The van der Waals surface area contributed by atoms with Crippen molar-refractivity contribution in [3.8, 4) is 5.88 Å². The van der Waals surface area contributed by atoms with Gasteiger partial charge in [0.2, 0.25) is 5.88 Å². The zero-order chi connectivity index (χ0) is 14.5. The molecule has 0 fully saturated rings. The van der Waals surface area contributed by atoms with Gasteiger partial charge in [0.1, 0.15) is 0 Å². The number of aromatic nitrogens is 2. The van der Waals surface area contributed by atoms with Crippen LogP contribution in [0, 0.1) is 0 Å². The largest absolute Gasteiger partial charge is 0.475 e. The van der Waals surface area contributed by atoms with Crippen LogP contribution in [0.15, 0.2) is 36.4 Å². The molecule has 0 atom stereocenters. The van der Waals surface area contributed by atoms with Crippen LogP contribution in [-0.2, 0) is 11.3 Å². The summed E-state index contributed by atoms with van der Waals surface area (Å²) in [6.07, 6.45) is 0.00622. The molecule has 0 radical (unpaired) electrons. The van der Waals surface area contributed by atoms with Crippen LogP contribution in [0.1, 0.15) is 29.9 Å². The normalized spacial score (nSPS) is 10.6. The van der Waals surface area contributed by atoms with Gasteiger partial charge in [0.15, 0.2) is 5.69 Å². The highest BCUT2D eigenvalue weighted by Gasteiger charge is 2.16. The average molecular weight is 274 g/mol. The quantitative estimate of drug-likeness (QED) is 0.786. The lowest BCUT2D eigenvalue weighted by atomic mass is 10.2. The molecule has 0 aliphatic carbocycles. The smallest absolute Gasteiger partial charge is 0.358 e. The van der Waals surface area contributed by atoms with E-state index < -0.39 is 5.97 Å². The van der Waals surface area contributed by atoms with E-state index in [1.54, 1.807) is 10.7 Å². The van der Waals surface area contributed by atoms with Gasteiger partial charge in [0.25, 0.3) is 0 Å². The molecule has 0 unspecified atom stereocenters. The number of rotatable bonds is 5. The van der Waals surface area contributed by atoms with E-state index in [-0.39, 0.29) is 11.8 Å². The minimum atomic E-state index is -0.467. The molecule has 1 heterocycles. The Kier molecular flexibility index (Phi) is 4.40. The van der Waals surface area contributed by atoms with Gasteiger partial charge >= 0.3 is 5.97 Å². The van der Waals surface area contributed by atoms with Crippen molar-refractivity contribution >= 4 is 5.97 Å². The van der Waals surface area contributed by atoms with E-state index in [0.717, 1.165) is 5.56 Å². The number of ether oxygens (including phenoxy) is 2. The van der Waals surface area contributed by atoms with Crippen LogP contribution in [0.3, 0.4) is 0 Å². The molecular weight excluding hydrogens is 256 g/mol. The molecule has 20 heavy (non-hydrogen) atoms. The maximum atomic E-state index is 11.6. The summed E-state index contributed by atoms with van der Waals surface area (Å²) < 4.78 is 12.0. The second-order valence-corrected chi connectivity index (χ2v) is 4.67. The highest BCUT2D eigenvalue weighted by molar-refractivity contribution is 5.87. The number of carbonyl (C=O) groups is 1. The lowest BCUT2D eigenvalue weighted by molar-refractivity contribution is 0.0593. The molecule has 0 spiro atoms. The molecule has 0 saturated carbocycles. The van der Waals surface area contributed by atoms with Crippen molar-refractivity contribution in [2.75, 3.05) is 7.11 Å². The fourth-order valence-electron chi connectivity index (χ4n) is 1.81. The highest BCUT2D eigenvalue weighted by atomic mass is 16.5. The second-order valence-electron chi connectivity index (χ2n) is 4.67. The predicted molar refractivity (Wildman–Crippen MR) is 74.9 cm³/mol. The summed E-state index contributed by atoms with van der Waals surface area (Å²) in [5.74, 6) is 0.0923. The van der Waals surface area contributed by atoms with Crippen molar-refractivity contribution < 1.29 is 14.3 Å². The maximum absolute atomic E-state index is 11.6. The third-order valence-electron chi connectivity index (χ3n) is 2.67. The molecule has 0 bridgehead atoms. The molecule has 5 nitrogen and oxygen atoms in total. The number of esters is 1. The minimum Gasteiger partial charge on any atom is -0.475 e. The van der Waals surface area contributed by atoms with Gasteiger partial charge in [-0.25, -0.2) is 9.48 Å². The van der Waals surface area contributed by atoms with Gasteiger partial charge in [-0.2, -0.15) is 5.10 Å². The summed E-state index contributed by atoms with van der Waals surface area (Å²) in [5.41, 5.74) is 1.33. The Hall–Kier alpha value is -2.30. The van der Waals surface area contributed by atoms with E-state index in [0.29, 0.717) is 12.4 Å². The van der Waals surface area contributed by atoms with Crippen LogP contribution in [0.4, 0.5) is 0 Å². The summed E-state index contributed by atoms with van der Waals surface area (Å²) in [6, 6.07) is 11.5. The van der Waals surface area contributed by atoms with Crippen molar-refractivity contribution in [1.82, 2.24) is 9.78 Å². The molecule has 0 N–H and O–H groups in total. The van der Waals surface area contributed by atoms with Crippen LogP contribution in [0.25, 0.3) is 0 Å². The van der Waals surface area contributed by atoms with Crippen LogP contribution < -0.4 is 4.74 Å². The monoisotopic (exact) mass is 274 g/mol. The fraction of sp³-hybridized carbons (Fsp3) is 0.333. The number of methoxy groups -OCH3 is 1. The Morgan fingerprint density at radius 3 is 2.60 bits per heavy atom. The lowest BCUT2D eigenvalue weighted by Crippen LogP contribution is -2.12. The predicted octanol–water partition coefficient (Wildman–Crippen LogP) is 2.51. The van der Waals surface area contributed by atoms with Crippen molar-refractivity contribution in [1.29, 1.82) is 0 Å². The summed E-state index contributed by atoms with van der Waals surface area (Å²) in [4.78, 5) is 11.6. The number of nitrogens with zero attached hydrogens (tertiary/aromatic N) is 2. The zero-order valence-corrected chi connectivity index (χ0v) is 11.9. The Morgan fingerprint density at radius 2 is 2.00 bits per heavy atom. The molecule has 2 aromatic rings. The van der Waals surface area contributed by atoms with Crippen LogP contribution >= 0.6 is 0 Å². The molecule has 1 aromatic heterocycles. The molecule has 0 amide bonds. The molecule has 0 aliphatic heterocycles. The van der Waals surface area contributed by atoms with E-state index in [1.807, 2.05) is 44.2 Å². The molecule has 5 heteroatoms. The number of benzene rings is 1. The first-order valence-electron chi connectivity index (χ1n) is 6.47. The second kappa shape index (κ2) is 6.23. The van der Waals surface area contributed by atoms with Gasteiger partial charge in [-0.3, -0.25) is 0 Å². The van der Waals surface area contributed by atoms with Crippen LogP contribution in [-0.4, -0.2) is 29.0 Å². The van der Waals surface area contributed by atoms with E-state index in [9.17, 15) is 4.79 Å². The Balaban J connectivity index is 2.29. The standard InChI is InChI=1S/C15H18N2O3/c1-11(2)20-14-9-13(15(18)19-3)16-17(14)10-12-7-5-4-6-8-12/h4-9,11H,10H2,1-3H3. The van der Waals surface area contributed by atoms with E-state index in [2.05, 4.69) is 9.84 Å². The molecular formula is C15H18N2O3. The van der Waals surface area contributed by atoms with Crippen LogP contribution in [0.5, 0.6) is 5.88 Å². The molecule has 106 valence electrons.